The molecular formula is C23H36N5OS3+. The number of amidine groups is 2. The highest BCUT2D eigenvalue weighted by Crippen LogP contribution is 2.48. The molecule has 2 aromatic rings. The van der Waals surface area contributed by atoms with Gasteiger partial charge < -0.3 is 10.8 Å². The molecule has 3 heterocycles. The molecule has 1 saturated heterocycles. The Bertz CT molecular complexity index is 1010. The van der Waals surface area contributed by atoms with Gasteiger partial charge in [0.25, 0.3) is 0 Å². The second-order valence-electron chi connectivity index (χ2n) is 8.66. The van der Waals surface area contributed by atoms with Crippen molar-refractivity contribution < 1.29 is 10.1 Å². The number of aromatic hydroxyl groups is 1. The Labute approximate surface area is 202 Å². The first kappa shape index (κ1) is 25.0. The van der Waals surface area contributed by atoms with Crippen molar-refractivity contribution in [1.29, 1.82) is 0 Å². The highest BCUT2D eigenvalue weighted by molar-refractivity contribution is 8.14. The van der Waals surface area contributed by atoms with Crippen LogP contribution in [0.15, 0.2) is 26.0 Å². The van der Waals surface area contributed by atoms with Gasteiger partial charge in [-0.3, -0.25) is 15.0 Å². The Morgan fingerprint density at radius 2 is 1.88 bits per heavy atom. The van der Waals surface area contributed by atoms with Crippen molar-refractivity contribution in [3.05, 3.63) is 27.3 Å². The Balaban J connectivity index is 1.85. The van der Waals surface area contributed by atoms with Crippen LogP contribution in [0, 0.1) is 5.92 Å². The van der Waals surface area contributed by atoms with Crippen LogP contribution in [0.1, 0.15) is 69.9 Å². The lowest BCUT2D eigenvalue weighted by Crippen LogP contribution is -2.80. The van der Waals surface area contributed by atoms with Crippen LogP contribution in [0.3, 0.4) is 0 Å². The van der Waals surface area contributed by atoms with Crippen molar-refractivity contribution in [2.75, 3.05) is 13.1 Å². The summed E-state index contributed by atoms with van der Waals surface area (Å²) in [6.07, 6.45) is 2.41. The predicted octanol–water partition coefficient (Wildman–Crippen LogP) is 3.92. The van der Waals surface area contributed by atoms with Gasteiger partial charge in [-0.15, -0.1) is 22.7 Å². The zero-order valence-corrected chi connectivity index (χ0v) is 22.0. The van der Waals surface area contributed by atoms with E-state index in [1.807, 2.05) is 5.38 Å². The summed E-state index contributed by atoms with van der Waals surface area (Å²) in [7, 11) is -0.214. The van der Waals surface area contributed by atoms with Crippen molar-refractivity contribution >= 4 is 56.1 Å². The largest absolute Gasteiger partial charge is 0.504 e. The van der Waals surface area contributed by atoms with Crippen molar-refractivity contribution in [1.82, 2.24) is 4.31 Å². The molecule has 1 unspecified atom stereocenters. The minimum atomic E-state index is -0.214. The van der Waals surface area contributed by atoms with E-state index in [1.165, 1.54) is 34.6 Å². The Hall–Kier alpha value is -1.68. The highest BCUT2D eigenvalue weighted by atomic mass is 32.2. The average Bonchev–Trinajstić information content (AvgIpc) is 3.50. The first-order valence-corrected chi connectivity index (χ1v) is 14.1. The molecule has 6 nitrogen and oxygen atoms in total. The van der Waals surface area contributed by atoms with Crippen LogP contribution in [-0.4, -0.2) is 39.5 Å². The van der Waals surface area contributed by atoms with Crippen LogP contribution in [0.4, 0.5) is 5.69 Å². The van der Waals surface area contributed by atoms with E-state index < -0.39 is 0 Å². The molecule has 32 heavy (non-hydrogen) atoms. The quantitative estimate of drug-likeness (QED) is 0.266. The molecule has 0 bridgehead atoms. The lowest BCUT2D eigenvalue weighted by Gasteiger charge is -2.19. The number of hydrogen-bond acceptors (Lipinski definition) is 5. The fourth-order valence-corrected chi connectivity index (χ4v) is 8.38. The van der Waals surface area contributed by atoms with Gasteiger partial charge in [0.1, 0.15) is 15.9 Å². The lowest BCUT2D eigenvalue weighted by molar-refractivity contribution is -0.517. The van der Waals surface area contributed by atoms with Crippen molar-refractivity contribution in [3.63, 3.8) is 0 Å². The SMILES string of the molecule is C/C=S(\c1scc(N=C(N)C(N)=[NH+][C@@H](c2cc(C(C)C)cs2)C(C)C)c1O)N1CCCC1. The van der Waals surface area contributed by atoms with Crippen LogP contribution in [-0.2, 0) is 0 Å². The van der Waals surface area contributed by atoms with Crippen molar-refractivity contribution in [2.24, 2.45) is 22.4 Å². The maximum Gasteiger partial charge on any atom is 0.309 e. The number of nitrogens with two attached hydrogens (primary N) is 2. The fraction of sp³-hybridized carbons (Fsp3) is 0.522. The third kappa shape index (κ3) is 5.62. The summed E-state index contributed by atoms with van der Waals surface area (Å²) in [5.41, 5.74) is 14.4. The molecule has 0 aliphatic carbocycles. The molecule has 0 amide bonds. The number of thiophene rings is 2. The molecule has 176 valence electrons. The summed E-state index contributed by atoms with van der Waals surface area (Å²) >= 11 is 3.27. The van der Waals surface area contributed by atoms with Crippen molar-refractivity contribution in [2.45, 2.75) is 63.6 Å². The minimum Gasteiger partial charge on any atom is -0.504 e. The molecule has 0 radical (unpaired) electrons. The maximum absolute atomic E-state index is 10.9. The van der Waals surface area contributed by atoms with Crippen LogP contribution in [0.2, 0.25) is 0 Å². The van der Waals surface area contributed by atoms with Crippen LogP contribution < -0.4 is 16.5 Å². The summed E-state index contributed by atoms with van der Waals surface area (Å²) in [5, 5.41) is 17.1. The first-order chi connectivity index (χ1) is 15.2. The molecule has 2 atom stereocenters. The van der Waals surface area contributed by atoms with E-state index in [2.05, 4.69) is 65.7 Å². The summed E-state index contributed by atoms with van der Waals surface area (Å²) in [5.74, 6) is 1.54. The second-order valence-corrected chi connectivity index (χ2v) is 12.8. The smallest absolute Gasteiger partial charge is 0.309 e. The number of rotatable bonds is 7. The van der Waals surface area contributed by atoms with Gasteiger partial charge in [-0.1, -0.05) is 38.4 Å². The summed E-state index contributed by atoms with van der Waals surface area (Å²) < 4.78 is 3.36. The summed E-state index contributed by atoms with van der Waals surface area (Å²) in [4.78, 5) is 9.07. The number of nitrogens with one attached hydrogen (secondary N) is 1. The topological polar surface area (TPSA) is 102 Å². The molecule has 0 saturated carbocycles. The standard InChI is InChI=1S/C23H35N5OS3/c1-6-32(28-9-7-8-10-28)23-20(29)17(13-31-23)26-21(24)22(25)27-19(15(4)5)18-11-16(12-30-18)14(2)3/h6,11-15,19,29H,7-10H2,1-5H3,(H2,24,26)(H2,25,27)/p+1/t19-,32?/m1/s1. The molecule has 6 N–H and O–H groups in total. The molecule has 0 spiro atoms. The van der Waals surface area contributed by atoms with E-state index in [9.17, 15) is 5.11 Å². The summed E-state index contributed by atoms with van der Waals surface area (Å²) in [6.45, 7) is 12.9. The van der Waals surface area contributed by atoms with Crippen LogP contribution in [0.25, 0.3) is 0 Å². The zero-order valence-electron chi connectivity index (χ0n) is 19.6. The van der Waals surface area contributed by atoms with Crippen LogP contribution in [0.5, 0.6) is 5.75 Å². The molecule has 1 aliphatic heterocycles. The zero-order chi connectivity index (χ0) is 23.4. The van der Waals surface area contributed by atoms with Gasteiger partial charge in [-0.05, 0) is 54.0 Å². The Morgan fingerprint density at radius 1 is 1.19 bits per heavy atom. The monoisotopic (exact) mass is 494 g/mol. The molecular weight excluding hydrogens is 458 g/mol. The fourth-order valence-electron chi connectivity index (χ4n) is 3.64. The molecule has 0 aromatic carbocycles. The highest BCUT2D eigenvalue weighted by Gasteiger charge is 2.24. The number of nitrogens with zero attached hydrogens (tertiary/aromatic N) is 2. The maximum atomic E-state index is 10.9. The lowest BCUT2D eigenvalue weighted by atomic mass is 10.0. The normalized spacial score (nSPS) is 18.2. The Kier molecular flexibility index (Phi) is 8.55. The average molecular weight is 495 g/mol. The first-order valence-electron chi connectivity index (χ1n) is 11.1. The van der Waals surface area contributed by atoms with Crippen LogP contribution >= 0.6 is 33.3 Å². The van der Waals surface area contributed by atoms with Gasteiger partial charge in [0.15, 0.2) is 5.75 Å². The van der Waals surface area contributed by atoms with E-state index in [1.54, 1.807) is 11.3 Å². The van der Waals surface area contributed by atoms with Crippen molar-refractivity contribution in [3.8, 4) is 5.75 Å². The Morgan fingerprint density at radius 3 is 2.44 bits per heavy atom. The van der Waals surface area contributed by atoms with Gasteiger partial charge in [-0.2, -0.15) is 0 Å². The predicted molar refractivity (Wildman–Crippen MR) is 142 cm³/mol. The minimum absolute atomic E-state index is 0.0450. The van der Waals surface area contributed by atoms with Gasteiger partial charge in [0.05, 0.1) is 0 Å². The van der Waals surface area contributed by atoms with E-state index >= 15 is 0 Å². The van der Waals surface area contributed by atoms with Gasteiger partial charge >= 0.3 is 5.84 Å². The van der Waals surface area contributed by atoms with Gasteiger partial charge in [0, 0.05) is 23.3 Å². The van der Waals surface area contributed by atoms with E-state index in [4.69, 9.17) is 11.5 Å². The van der Waals surface area contributed by atoms with E-state index in [0.29, 0.717) is 23.4 Å². The van der Waals surface area contributed by atoms with Gasteiger partial charge in [-0.25, -0.2) is 4.99 Å². The molecule has 2 aromatic heterocycles. The number of aliphatic imine (C=N–C) groups is 1. The third-order valence-electron chi connectivity index (χ3n) is 5.58. The molecule has 1 aliphatic rings. The van der Waals surface area contributed by atoms with E-state index in [-0.39, 0.29) is 28.3 Å². The molecule has 9 heteroatoms. The summed E-state index contributed by atoms with van der Waals surface area (Å²) in [6, 6.07) is 2.29. The third-order valence-corrected chi connectivity index (χ3v) is 10.1. The van der Waals surface area contributed by atoms with Gasteiger partial charge in [0.2, 0.25) is 5.84 Å². The molecule has 3 rings (SSSR count). The second kappa shape index (κ2) is 11.0. The number of hydrogen-bond donors (Lipinski definition) is 4. The molecule has 1 fully saturated rings. The van der Waals surface area contributed by atoms with E-state index in [0.717, 1.165) is 17.3 Å².